The maximum Gasteiger partial charge on any atom is 0.240 e. The molecule has 3 rings (SSSR count). The number of nitrogens with two attached hydrogens (primary N) is 1. The third-order valence-electron chi connectivity index (χ3n) is 5.13. The molecule has 0 bridgehead atoms. The molecule has 0 spiro atoms. The van der Waals surface area contributed by atoms with E-state index >= 15 is 0 Å². The number of aryl methyl sites for hydroxylation is 1. The van der Waals surface area contributed by atoms with E-state index in [-0.39, 0.29) is 41.9 Å². The Kier molecular flexibility index (Phi) is 5.31. The van der Waals surface area contributed by atoms with Crippen LogP contribution in [-0.2, 0) is 16.0 Å². The lowest BCUT2D eigenvalue weighted by Gasteiger charge is -2.29. The van der Waals surface area contributed by atoms with Crippen molar-refractivity contribution in [3.63, 3.8) is 0 Å². The van der Waals surface area contributed by atoms with Gasteiger partial charge in [0.2, 0.25) is 17.8 Å². The first-order valence-corrected chi connectivity index (χ1v) is 9.05. The molecule has 2 aliphatic rings. The minimum absolute atomic E-state index is 0.0754. The van der Waals surface area contributed by atoms with Crippen LogP contribution in [0.15, 0.2) is 0 Å². The highest BCUT2D eigenvalue weighted by Crippen LogP contribution is 2.26. The molecule has 8 nitrogen and oxygen atoms in total. The molecule has 140 valence electrons. The normalized spacial score (nSPS) is 21.3. The first kappa shape index (κ1) is 18.4. The number of likely N-dealkylation sites (tertiary alicyclic amines) is 1. The minimum atomic E-state index is -0.268. The number of amides is 2. The highest BCUT2D eigenvalue weighted by molar-refractivity contribution is 5.99. The summed E-state index contributed by atoms with van der Waals surface area (Å²) < 4.78 is 0. The molecule has 1 aliphatic heterocycles. The quantitative estimate of drug-likeness (QED) is 0.816. The highest BCUT2D eigenvalue weighted by atomic mass is 16.2. The summed E-state index contributed by atoms with van der Waals surface area (Å²) in [5.41, 5.74) is 7.27. The van der Waals surface area contributed by atoms with Crippen LogP contribution >= 0.6 is 0 Å². The zero-order valence-electron chi connectivity index (χ0n) is 15.2. The fourth-order valence-electron chi connectivity index (χ4n) is 3.76. The predicted molar refractivity (Wildman–Crippen MR) is 95.6 cm³/mol. The Morgan fingerprint density at radius 3 is 2.58 bits per heavy atom. The number of ketones is 1. The second-order valence-electron chi connectivity index (χ2n) is 7.39. The summed E-state index contributed by atoms with van der Waals surface area (Å²) in [5, 5.41) is 2.74. The van der Waals surface area contributed by atoms with Crippen LogP contribution in [0.5, 0.6) is 0 Å². The number of anilines is 1. The number of rotatable bonds is 4. The summed E-state index contributed by atoms with van der Waals surface area (Å²) in [6.07, 6.45) is 2.59. The fraction of sp³-hybridized carbons (Fsp3) is 0.611. The largest absolute Gasteiger partial charge is 0.369 e. The third kappa shape index (κ3) is 4.07. The van der Waals surface area contributed by atoms with Crippen molar-refractivity contribution >= 4 is 23.5 Å². The van der Waals surface area contributed by atoms with Gasteiger partial charge in [0.15, 0.2) is 5.78 Å². The van der Waals surface area contributed by atoms with Crippen molar-refractivity contribution in [2.45, 2.75) is 39.5 Å². The summed E-state index contributed by atoms with van der Waals surface area (Å²) in [4.78, 5) is 46.4. The molecular weight excluding hydrogens is 334 g/mol. The van der Waals surface area contributed by atoms with Gasteiger partial charge in [0.25, 0.3) is 0 Å². The van der Waals surface area contributed by atoms with Gasteiger partial charge in [-0.15, -0.1) is 0 Å². The van der Waals surface area contributed by atoms with Crippen molar-refractivity contribution in [2.75, 3.05) is 25.0 Å². The van der Waals surface area contributed by atoms with E-state index in [0.29, 0.717) is 50.0 Å². The third-order valence-corrected chi connectivity index (χ3v) is 5.13. The van der Waals surface area contributed by atoms with Gasteiger partial charge in [-0.2, -0.15) is 0 Å². The molecule has 1 fully saturated rings. The molecule has 0 saturated carbocycles. The van der Waals surface area contributed by atoms with E-state index in [1.54, 1.807) is 6.92 Å². The monoisotopic (exact) mass is 359 g/mol. The summed E-state index contributed by atoms with van der Waals surface area (Å²) in [5.74, 6) is 0.0133. The van der Waals surface area contributed by atoms with Gasteiger partial charge in [-0.05, 0) is 45.2 Å². The first-order valence-electron chi connectivity index (χ1n) is 9.05. The van der Waals surface area contributed by atoms with Gasteiger partial charge < -0.3 is 5.73 Å². The Labute approximate surface area is 152 Å². The summed E-state index contributed by atoms with van der Waals surface area (Å²) in [6, 6.07) is 0. The lowest BCUT2D eigenvalue weighted by atomic mass is 9.86. The van der Waals surface area contributed by atoms with Gasteiger partial charge in [-0.1, -0.05) is 6.92 Å². The molecule has 1 saturated heterocycles. The van der Waals surface area contributed by atoms with E-state index < -0.39 is 0 Å². The van der Waals surface area contributed by atoms with E-state index in [1.165, 1.54) is 0 Å². The number of Topliss-reactive ketones (excluding diaryl/α,β-unsaturated/α-hetero) is 1. The Bertz CT molecular complexity index is 741. The van der Waals surface area contributed by atoms with Crippen LogP contribution in [0.2, 0.25) is 0 Å². The number of carbonyl (C=O) groups excluding carboxylic acids is 3. The Balaban J connectivity index is 1.62. The van der Waals surface area contributed by atoms with Crippen LogP contribution < -0.4 is 11.1 Å². The second kappa shape index (κ2) is 7.49. The summed E-state index contributed by atoms with van der Waals surface area (Å²) in [6.45, 7) is 5.35. The molecule has 2 amide bonds. The fourth-order valence-corrected chi connectivity index (χ4v) is 3.76. The molecule has 1 unspecified atom stereocenters. The van der Waals surface area contributed by atoms with E-state index in [1.807, 2.05) is 11.8 Å². The number of primary amides is 1. The number of hydrogen-bond donors (Lipinski definition) is 2. The Morgan fingerprint density at radius 1 is 1.23 bits per heavy atom. The highest BCUT2D eigenvalue weighted by Gasteiger charge is 2.27. The molecule has 1 aromatic rings. The topological polar surface area (TPSA) is 118 Å². The standard InChI is InChI=1S/C18H25N5O3/c1-10-7-13-16(14(24)8-10)11(2)20-18(21-13)22-15(25)9-23-5-3-12(4-6-23)17(19)26/h10,12H,3-9H2,1-2H3,(H2,19,26)(H,20,21,22,25). The van der Waals surface area contributed by atoms with Crippen molar-refractivity contribution in [3.8, 4) is 0 Å². The molecule has 8 heteroatoms. The Hall–Kier alpha value is -2.35. The molecule has 3 N–H and O–H groups in total. The van der Waals surface area contributed by atoms with Crippen molar-refractivity contribution < 1.29 is 14.4 Å². The number of nitrogens with one attached hydrogen (secondary N) is 1. The molecule has 0 radical (unpaired) electrons. The van der Waals surface area contributed by atoms with Crippen molar-refractivity contribution in [3.05, 3.63) is 17.0 Å². The average molecular weight is 359 g/mol. The number of piperidine rings is 1. The van der Waals surface area contributed by atoms with Crippen molar-refractivity contribution in [1.29, 1.82) is 0 Å². The number of nitrogens with zero attached hydrogens (tertiary/aromatic N) is 3. The van der Waals surface area contributed by atoms with E-state index in [4.69, 9.17) is 5.73 Å². The van der Waals surface area contributed by atoms with Crippen molar-refractivity contribution in [1.82, 2.24) is 14.9 Å². The van der Waals surface area contributed by atoms with Gasteiger partial charge in [0.05, 0.1) is 23.5 Å². The number of carbonyl (C=O) groups is 3. The van der Waals surface area contributed by atoms with Gasteiger partial charge in [0.1, 0.15) is 0 Å². The van der Waals surface area contributed by atoms with Gasteiger partial charge in [0, 0.05) is 12.3 Å². The zero-order valence-corrected chi connectivity index (χ0v) is 15.2. The lowest BCUT2D eigenvalue weighted by molar-refractivity contribution is -0.123. The van der Waals surface area contributed by atoms with Crippen LogP contribution in [0.1, 0.15) is 47.9 Å². The van der Waals surface area contributed by atoms with Gasteiger partial charge in [-0.3, -0.25) is 24.6 Å². The smallest absolute Gasteiger partial charge is 0.240 e. The zero-order chi connectivity index (χ0) is 18.8. The Morgan fingerprint density at radius 2 is 1.92 bits per heavy atom. The molecule has 2 heterocycles. The molecule has 26 heavy (non-hydrogen) atoms. The first-order chi connectivity index (χ1) is 12.3. The molecule has 1 atom stereocenters. The van der Waals surface area contributed by atoms with Crippen LogP contribution in [0.4, 0.5) is 5.95 Å². The van der Waals surface area contributed by atoms with E-state index in [0.717, 1.165) is 5.69 Å². The maximum absolute atomic E-state index is 12.3. The van der Waals surface area contributed by atoms with E-state index in [9.17, 15) is 14.4 Å². The molecule has 0 aromatic carbocycles. The summed E-state index contributed by atoms with van der Waals surface area (Å²) in [7, 11) is 0. The van der Waals surface area contributed by atoms with Crippen LogP contribution in [0, 0.1) is 18.8 Å². The maximum atomic E-state index is 12.3. The predicted octanol–water partition coefficient (Wildman–Crippen LogP) is 0.686. The lowest BCUT2D eigenvalue weighted by Crippen LogP contribution is -2.42. The SMILES string of the molecule is Cc1nc(NC(=O)CN2CCC(C(N)=O)CC2)nc2c1C(=O)CC(C)C2. The number of aromatic nitrogens is 2. The van der Waals surface area contributed by atoms with Crippen LogP contribution in [0.25, 0.3) is 0 Å². The minimum Gasteiger partial charge on any atom is -0.369 e. The average Bonchev–Trinajstić information content (AvgIpc) is 2.53. The van der Waals surface area contributed by atoms with Crippen LogP contribution in [0.3, 0.4) is 0 Å². The van der Waals surface area contributed by atoms with Gasteiger partial charge in [-0.25, -0.2) is 9.97 Å². The van der Waals surface area contributed by atoms with Crippen LogP contribution in [-0.4, -0.2) is 52.1 Å². The molecule has 1 aliphatic carbocycles. The number of hydrogen-bond acceptors (Lipinski definition) is 6. The molecular formula is C18H25N5O3. The van der Waals surface area contributed by atoms with E-state index in [2.05, 4.69) is 15.3 Å². The van der Waals surface area contributed by atoms with Gasteiger partial charge >= 0.3 is 0 Å². The summed E-state index contributed by atoms with van der Waals surface area (Å²) >= 11 is 0. The number of fused-ring (bicyclic) bond motifs is 1. The molecule has 1 aromatic heterocycles. The second-order valence-corrected chi connectivity index (χ2v) is 7.39. The van der Waals surface area contributed by atoms with Crippen molar-refractivity contribution in [2.24, 2.45) is 17.6 Å².